The molecule has 1 aliphatic rings. The van der Waals surface area contributed by atoms with Crippen molar-refractivity contribution in [1.29, 1.82) is 0 Å². The first-order chi connectivity index (χ1) is 6.25. The minimum Gasteiger partial charge on any atom is -0.399 e. The number of amides is 1. The standard InChI is InChI=1S/C10H12N2O/c11-9-3-1-2-7(4-9)8-5-10(13)12-6-8/h1-4,8H,5-6,11H2,(H,12,13). The van der Waals surface area contributed by atoms with Crippen molar-refractivity contribution in [2.24, 2.45) is 0 Å². The number of carbonyl (C=O) groups is 1. The highest BCUT2D eigenvalue weighted by Gasteiger charge is 2.22. The fourth-order valence-corrected chi connectivity index (χ4v) is 1.65. The summed E-state index contributed by atoms with van der Waals surface area (Å²) in [5.74, 6) is 0.434. The number of benzene rings is 1. The minimum atomic E-state index is 0.132. The van der Waals surface area contributed by atoms with Crippen LogP contribution in [-0.4, -0.2) is 12.5 Å². The number of nitrogens with one attached hydrogen (secondary N) is 1. The molecule has 68 valence electrons. The van der Waals surface area contributed by atoms with E-state index in [1.807, 2.05) is 24.3 Å². The van der Waals surface area contributed by atoms with E-state index in [9.17, 15) is 4.79 Å². The van der Waals surface area contributed by atoms with Gasteiger partial charge in [-0.05, 0) is 17.7 Å². The van der Waals surface area contributed by atoms with Gasteiger partial charge in [0.2, 0.25) is 5.91 Å². The van der Waals surface area contributed by atoms with Crippen molar-refractivity contribution in [2.45, 2.75) is 12.3 Å². The van der Waals surface area contributed by atoms with Gasteiger partial charge >= 0.3 is 0 Å². The Bertz CT molecular complexity index is 335. The molecular weight excluding hydrogens is 164 g/mol. The molecule has 0 bridgehead atoms. The Labute approximate surface area is 76.9 Å². The van der Waals surface area contributed by atoms with Gasteiger partial charge in [0.05, 0.1) is 0 Å². The number of anilines is 1. The highest BCUT2D eigenvalue weighted by atomic mass is 16.1. The van der Waals surface area contributed by atoms with Crippen LogP contribution in [0.5, 0.6) is 0 Å². The molecule has 1 aliphatic heterocycles. The first kappa shape index (κ1) is 8.10. The summed E-state index contributed by atoms with van der Waals surface area (Å²) in [4.78, 5) is 11.0. The van der Waals surface area contributed by atoms with E-state index < -0.39 is 0 Å². The van der Waals surface area contributed by atoms with Crippen LogP contribution in [0.15, 0.2) is 24.3 Å². The Morgan fingerprint density at radius 1 is 1.46 bits per heavy atom. The summed E-state index contributed by atoms with van der Waals surface area (Å²) >= 11 is 0. The zero-order chi connectivity index (χ0) is 9.26. The van der Waals surface area contributed by atoms with Gasteiger partial charge in [-0.1, -0.05) is 12.1 Å². The quantitative estimate of drug-likeness (QED) is 0.624. The van der Waals surface area contributed by atoms with Crippen LogP contribution in [-0.2, 0) is 4.79 Å². The van der Waals surface area contributed by atoms with E-state index in [0.29, 0.717) is 12.3 Å². The van der Waals surface area contributed by atoms with E-state index >= 15 is 0 Å². The molecule has 0 radical (unpaired) electrons. The molecule has 3 nitrogen and oxygen atoms in total. The predicted octanol–water partition coefficient (Wildman–Crippen LogP) is 0.872. The molecule has 0 saturated carbocycles. The van der Waals surface area contributed by atoms with Crippen LogP contribution in [0, 0.1) is 0 Å². The highest BCUT2D eigenvalue weighted by Crippen LogP contribution is 2.23. The summed E-state index contributed by atoms with van der Waals surface area (Å²) < 4.78 is 0. The number of carbonyl (C=O) groups excluding carboxylic acids is 1. The monoisotopic (exact) mass is 176 g/mol. The first-order valence-corrected chi connectivity index (χ1v) is 4.38. The van der Waals surface area contributed by atoms with Gasteiger partial charge in [-0.3, -0.25) is 4.79 Å². The van der Waals surface area contributed by atoms with Crippen molar-refractivity contribution < 1.29 is 4.79 Å². The molecule has 2 rings (SSSR count). The molecule has 1 heterocycles. The maximum Gasteiger partial charge on any atom is 0.220 e. The average Bonchev–Trinajstić information content (AvgIpc) is 2.52. The average molecular weight is 176 g/mol. The lowest BCUT2D eigenvalue weighted by Gasteiger charge is -2.07. The molecule has 1 amide bonds. The SMILES string of the molecule is Nc1cccc(C2CNC(=O)C2)c1. The fraction of sp³-hybridized carbons (Fsp3) is 0.300. The molecule has 1 saturated heterocycles. The van der Waals surface area contributed by atoms with Gasteiger partial charge in [-0.25, -0.2) is 0 Å². The van der Waals surface area contributed by atoms with Gasteiger partial charge in [-0.2, -0.15) is 0 Å². The third-order valence-electron chi connectivity index (χ3n) is 2.36. The van der Waals surface area contributed by atoms with Crippen LogP contribution in [0.2, 0.25) is 0 Å². The second kappa shape index (κ2) is 3.09. The van der Waals surface area contributed by atoms with Gasteiger partial charge in [0.15, 0.2) is 0 Å². The first-order valence-electron chi connectivity index (χ1n) is 4.38. The van der Waals surface area contributed by atoms with E-state index in [-0.39, 0.29) is 5.91 Å². The Balaban J connectivity index is 2.21. The normalized spacial score (nSPS) is 21.5. The molecule has 0 spiro atoms. The van der Waals surface area contributed by atoms with Gasteiger partial charge in [0, 0.05) is 24.6 Å². The van der Waals surface area contributed by atoms with Crippen molar-refractivity contribution >= 4 is 11.6 Å². The number of hydrogen-bond donors (Lipinski definition) is 2. The Hall–Kier alpha value is -1.51. The summed E-state index contributed by atoms with van der Waals surface area (Å²) in [6.45, 7) is 0.738. The molecule has 1 unspecified atom stereocenters. The molecule has 1 fully saturated rings. The number of hydrogen-bond acceptors (Lipinski definition) is 2. The fourth-order valence-electron chi connectivity index (χ4n) is 1.65. The highest BCUT2D eigenvalue weighted by molar-refractivity contribution is 5.79. The Morgan fingerprint density at radius 3 is 2.92 bits per heavy atom. The lowest BCUT2D eigenvalue weighted by Crippen LogP contribution is -2.13. The van der Waals surface area contributed by atoms with Crippen molar-refractivity contribution in [2.75, 3.05) is 12.3 Å². The number of nitrogen functional groups attached to an aromatic ring is 1. The molecule has 1 aromatic carbocycles. The lowest BCUT2D eigenvalue weighted by molar-refractivity contribution is -0.119. The maximum atomic E-state index is 11.0. The van der Waals surface area contributed by atoms with E-state index in [1.54, 1.807) is 0 Å². The summed E-state index contributed by atoms with van der Waals surface area (Å²) in [6, 6.07) is 7.73. The molecule has 1 atom stereocenters. The van der Waals surface area contributed by atoms with Crippen LogP contribution in [0.4, 0.5) is 5.69 Å². The summed E-state index contributed by atoms with van der Waals surface area (Å²) in [6.07, 6.45) is 0.587. The zero-order valence-electron chi connectivity index (χ0n) is 7.29. The maximum absolute atomic E-state index is 11.0. The molecule has 0 aromatic heterocycles. The Morgan fingerprint density at radius 2 is 2.31 bits per heavy atom. The number of nitrogens with two attached hydrogens (primary N) is 1. The van der Waals surface area contributed by atoms with E-state index in [4.69, 9.17) is 5.73 Å². The van der Waals surface area contributed by atoms with Gasteiger partial charge < -0.3 is 11.1 Å². The van der Waals surface area contributed by atoms with Crippen LogP contribution >= 0.6 is 0 Å². The smallest absolute Gasteiger partial charge is 0.220 e. The summed E-state index contributed by atoms with van der Waals surface area (Å²) in [7, 11) is 0. The molecular formula is C10H12N2O. The van der Waals surface area contributed by atoms with Crippen LogP contribution in [0.3, 0.4) is 0 Å². The minimum absolute atomic E-state index is 0.132. The molecule has 3 N–H and O–H groups in total. The summed E-state index contributed by atoms with van der Waals surface area (Å²) in [5.41, 5.74) is 7.57. The van der Waals surface area contributed by atoms with Crippen LogP contribution < -0.4 is 11.1 Å². The summed E-state index contributed by atoms with van der Waals surface area (Å²) in [5, 5.41) is 2.81. The third-order valence-corrected chi connectivity index (χ3v) is 2.36. The molecule has 1 aromatic rings. The van der Waals surface area contributed by atoms with E-state index in [2.05, 4.69) is 5.32 Å². The van der Waals surface area contributed by atoms with Gasteiger partial charge in [0.1, 0.15) is 0 Å². The van der Waals surface area contributed by atoms with E-state index in [0.717, 1.165) is 17.8 Å². The van der Waals surface area contributed by atoms with Crippen LogP contribution in [0.25, 0.3) is 0 Å². The topological polar surface area (TPSA) is 55.1 Å². The van der Waals surface area contributed by atoms with Crippen molar-refractivity contribution in [1.82, 2.24) is 5.32 Å². The molecule has 0 aliphatic carbocycles. The molecule has 3 heteroatoms. The van der Waals surface area contributed by atoms with Crippen molar-refractivity contribution in [3.63, 3.8) is 0 Å². The van der Waals surface area contributed by atoms with Gasteiger partial charge in [0.25, 0.3) is 0 Å². The third kappa shape index (κ3) is 1.64. The second-order valence-corrected chi connectivity index (χ2v) is 3.38. The second-order valence-electron chi connectivity index (χ2n) is 3.38. The number of rotatable bonds is 1. The Kier molecular flexibility index (Phi) is 1.93. The zero-order valence-corrected chi connectivity index (χ0v) is 7.29. The van der Waals surface area contributed by atoms with Crippen molar-refractivity contribution in [3.8, 4) is 0 Å². The van der Waals surface area contributed by atoms with Crippen molar-refractivity contribution in [3.05, 3.63) is 29.8 Å². The van der Waals surface area contributed by atoms with Crippen LogP contribution in [0.1, 0.15) is 17.9 Å². The largest absolute Gasteiger partial charge is 0.399 e. The predicted molar refractivity (Wildman–Crippen MR) is 51.2 cm³/mol. The van der Waals surface area contributed by atoms with Gasteiger partial charge in [-0.15, -0.1) is 0 Å². The molecule has 13 heavy (non-hydrogen) atoms. The lowest BCUT2D eigenvalue weighted by atomic mass is 9.98. The van der Waals surface area contributed by atoms with E-state index in [1.165, 1.54) is 0 Å².